The Morgan fingerprint density at radius 3 is 2.42 bits per heavy atom. The highest BCUT2D eigenvalue weighted by molar-refractivity contribution is 4.58. The van der Waals surface area contributed by atoms with Crippen molar-refractivity contribution < 1.29 is 9.47 Å². The van der Waals surface area contributed by atoms with Crippen LogP contribution in [0.3, 0.4) is 0 Å². The average molecular weight is 172 g/mol. The average Bonchev–Trinajstić information content (AvgIpc) is 2.09. The minimum atomic E-state index is 0.0905. The van der Waals surface area contributed by atoms with E-state index in [0.717, 1.165) is 19.6 Å². The maximum atomic E-state index is 5.51. The molecule has 0 aromatic carbocycles. The molecule has 1 heterocycles. The number of ether oxygens (including phenoxy) is 2. The summed E-state index contributed by atoms with van der Waals surface area (Å²) in [5, 5.41) is 0. The predicted octanol–water partition coefficient (Wildman–Crippen LogP) is 2.58. The lowest BCUT2D eigenvalue weighted by Crippen LogP contribution is -2.30. The van der Waals surface area contributed by atoms with E-state index in [9.17, 15) is 0 Å². The Balaban J connectivity index is 2.01. The summed E-state index contributed by atoms with van der Waals surface area (Å²) in [7, 11) is 0. The van der Waals surface area contributed by atoms with E-state index in [1.807, 2.05) is 0 Å². The first-order valence-corrected chi connectivity index (χ1v) is 5.06. The normalized spacial score (nSPS) is 30.5. The lowest BCUT2D eigenvalue weighted by atomic mass is 10.1. The van der Waals surface area contributed by atoms with Crippen molar-refractivity contribution in [2.75, 3.05) is 13.2 Å². The zero-order chi connectivity index (χ0) is 8.81. The quantitative estimate of drug-likeness (QED) is 0.607. The first kappa shape index (κ1) is 10.0. The maximum absolute atomic E-state index is 5.51. The second-order valence-electron chi connectivity index (χ2n) is 3.70. The second kappa shape index (κ2) is 5.55. The Morgan fingerprint density at radius 2 is 1.83 bits per heavy atom. The predicted molar refractivity (Wildman–Crippen MR) is 49.0 cm³/mol. The fourth-order valence-corrected chi connectivity index (χ4v) is 1.37. The molecule has 0 aromatic heterocycles. The molecule has 1 aliphatic rings. The molecular formula is C10H20O2. The van der Waals surface area contributed by atoms with Crippen molar-refractivity contribution in [3.05, 3.63) is 0 Å². The zero-order valence-corrected chi connectivity index (χ0v) is 8.21. The molecule has 1 rings (SSSR count). The molecule has 0 unspecified atom stereocenters. The third kappa shape index (κ3) is 3.55. The van der Waals surface area contributed by atoms with Crippen molar-refractivity contribution in [2.45, 2.75) is 45.8 Å². The highest BCUT2D eigenvalue weighted by Crippen LogP contribution is 2.15. The van der Waals surface area contributed by atoms with Crippen LogP contribution in [0, 0.1) is 5.92 Å². The van der Waals surface area contributed by atoms with E-state index >= 15 is 0 Å². The number of unbranched alkanes of at least 4 members (excludes halogenated alkanes) is 2. The molecule has 2 heteroatoms. The summed E-state index contributed by atoms with van der Waals surface area (Å²) < 4.78 is 11.0. The van der Waals surface area contributed by atoms with Crippen LogP contribution in [-0.4, -0.2) is 19.5 Å². The van der Waals surface area contributed by atoms with Gasteiger partial charge in [-0.2, -0.15) is 0 Å². The van der Waals surface area contributed by atoms with Crippen molar-refractivity contribution in [2.24, 2.45) is 5.92 Å². The Bertz CT molecular complexity index is 106. The highest BCUT2D eigenvalue weighted by Gasteiger charge is 2.17. The molecule has 0 saturated carbocycles. The monoisotopic (exact) mass is 172 g/mol. The summed E-state index contributed by atoms with van der Waals surface area (Å²) in [4.78, 5) is 0. The fraction of sp³-hybridized carbons (Fsp3) is 1.00. The van der Waals surface area contributed by atoms with E-state index < -0.39 is 0 Å². The van der Waals surface area contributed by atoms with Crippen LogP contribution in [0.1, 0.15) is 39.5 Å². The molecule has 0 N–H and O–H groups in total. The lowest BCUT2D eigenvalue weighted by molar-refractivity contribution is -0.200. The summed E-state index contributed by atoms with van der Waals surface area (Å²) in [5.41, 5.74) is 0. The van der Waals surface area contributed by atoms with Crippen LogP contribution in [0.2, 0.25) is 0 Å². The van der Waals surface area contributed by atoms with Crippen LogP contribution in [0.15, 0.2) is 0 Å². The van der Waals surface area contributed by atoms with Crippen LogP contribution < -0.4 is 0 Å². The van der Waals surface area contributed by atoms with Gasteiger partial charge in [0.25, 0.3) is 0 Å². The Morgan fingerprint density at radius 1 is 1.17 bits per heavy atom. The molecule has 2 nitrogen and oxygen atoms in total. The molecule has 12 heavy (non-hydrogen) atoms. The first-order valence-electron chi connectivity index (χ1n) is 5.06. The van der Waals surface area contributed by atoms with Crippen LogP contribution in [-0.2, 0) is 9.47 Å². The van der Waals surface area contributed by atoms with Crippen molar-refractivity contribution in [3.8, 4) is 0 Å². The topological polar surface area (TPSA) is 18.5 Å². The molecule has 0 aliphatic carbocycles. The van der Waals surface area contributed by atoms with Gasteiger partial charge in [-0.25, -0.2) is 0 Å². The van der Waals surface area contributed by atoms with E-state index in [1.54, 1.807) is 0 Å². The molecule has 72 valence electrons. The van der Waals surface area contributed by atoms with Gasteiger partial charge in [0, 0.05) is 5.92 Å². The van der Waals surface area contributed by atoms with Crippen LogP contribution >= 0.6 is 0 Å². The molecule has 0 amide bonds. The molecule has 0 atom stereocenters. The fourth-order valence-electron chi connectivity index (χ4n) is 1.37. The minimum absolute atomic E-state index is 0.0905. The smallest absolute Gasteiger partial charge is 0.157 e. The Hall–Kier alpha value is -0.0800. The maximum Gasteiger partial charge on any atom is 0.157 e. The van der Waals surface area contributed by atoms with Crippen LogP contribution in [0.4, 0.5) is 0 Å². The van der Waals surface area contributed by atoms with Gasteiger partial charge >= 0.3 is 0 Å². The molecule has 1 fully saturated rings. The van der Waals surface area contributed by atoms with Gasteiger partial charge in [0.2, 0.25) is 0 Å². The van der Waals surface area contributed by atoms with Crippen molar-refractivity contribution >= 4 is 0 Å². The van der Waals surface area contributed by atoms with E-state index in [4.69, 9.17) is 9.47 Å². The van der Waals surface area contributed by atoms with Crippen molar-refractivity contribution in [1.29, 1.82) is 0 Å². The van der Waals surface area contributed by atoms with Gasteiger partial charge < -0.3 is 9.47 Å². The molecule has 0 bridgehead atoms. The summed E-state index contributed by atoms with van der Waals surface area (Å²) in [5.74, 6) is 0.576. The summed E-state index contributed by atoms with van der Waals surface area (Å²) in [6.45, 7) is 6.11. The van der Waals surface area contributed by atoms with Gasteiger partial charge in [0.1, 0.15) is 0 Å². The van der Waals surface area contributed by atoms with E-state index in [0.29, 0.717) is 5.92 Å². The third-order valence-electron chi connectivity index (χ3n) is 2.18. The molecule has 0 radical (unpaired) electrons. The summed E-state index contributed by atoms with van der Waals surface area (Å²) in [6.07, 6.45) is 4.95. The molecular weight excluding hydrogens is 152 g/mol. The van der Waals surface area contributed by atoms with Gasteiger partial charge in [-0.1, -0.05) is 26.7 Å². The van der Waals surface area contributed by atoms with Crippen molar-refractivity contribution in [1.82, 2.24) is 0 Å². The largest absolute Gasteiger partial charge is 0.352 e. The zero-order valence-electron chi connectivity index (χ0n) is 8.21. The van der Waals surface area contributed by atoms with E-state index in [2.05, 4.69) is 13.8 Å². The SMILES string of the molecule is CCCCCC1OCC(C)CO1. The molecule has 0 aromatic rings. The van der Waals surface area contributed by atoms with Crippen LogP contribution in [0.5, 0.6) is 0 Å². The van der Waals surface area contributed by atoms with E-state index in [-0.39, 0.29) is 6.29 Å². The van der Waals surface area contributed by atoms with Crippen LogP contribution in [0.25, 0.3) is 0 Å². The molecule has 0 spiro atoms. The third-order valence-corrected chi connectivity index (χ3v) is 2.18. The molecule has 1 saturated heterocycles. The number of rotatable bonds is 4. The van der Waals surface area contributed by atoms with Crippen molar-refractivity contribution in [3.63, 3.8) is 0 Å². The Kier molecular flexibility index (Phi) is 4.62. The number of hydrogen-bond acceptors (Lipinski definition) is 2. The van der Waals surface area contributed by atoms with Gasteiger partial charge in [-0.15, -0.1) is 0 Å². The van der Waals surface area contributed by atoms with E-state index in [1.165, 1.54) is 19.3 Å². The van der Waals surface area contributed by atoms with Gasteiger partial charge in [0.05, 0.1) is 13.2 Å². The second-order valence-corrected chi connectivity index (χ2v) is 3.70. The highest BCUT2D eigenvalue weighted by atomic mass is 16.7. The van der Waals surface area contributed by atoms with Gasteiger partial charge in [-0.05, 0) is 12.8 Å². The first-order chi connectivity index (χ1) is 5.83. The summed E-state index contributed by atoms with van der Waals surface area (Å²) >= 11 is 0. The number of hydrogen-bond donors (Lipinski definition) is 0. The molecule has 1 aliphatic heterocycles. The van der Waals surface area contributed by atoms with Gasteiger partial charge in [-0.3, -0.25) is 0 Å². The lowest BCUT2D eigenvalue weighted by Gasteiger charge is -2.27. The standard InChI is InChI=1S/C10H20O2/c1-3-4-5-6-10-11-7-9(2)8-12-10/h9-10H,3-8H2,1-2H3. The summed E-state index contributed by atoms with van der Waals surface area (Å²) in [6, 6.07) is 0. The Labute approximate surface area is 75.2 Å². The van der Waals surface area contributed by atoms with Gasteiger partial charge in [0.15, 0.2) is 6.29 Å². The minimum Gasteiger partial charge on any atom is -0.352 e.